The van der Waals surface area contributed by atoms with Crippen LogP contribution in [0.1, 0.15) is 15.9 Å². The lowest BCUT2D eigenvalue weighted by molar-refractivity contribution is 0.0697. The zero-order valence-corrected chi connectivity index (χ0v) is 10.5. The van der Waals surface area contributed by atoms with Crippen LogP contribution in [0.4, 0.5) is 10.2 Å². The van der Waals surface area contributed by atoms with E-state index in [1.54, 1.807) is 12.1 Å². The molecule has 0 unspecified atom stereocenters. The van der Waals surface area contributed by atoms with Gasteiger partial charge < -0.3 is 10.4 Å². The molecule has 0 saturated heterocycles. The van der Waals surface area contributed by atoms with Crippen molar-refractivity contribution in [2.24, 2.45) is 0 Å². The molecule has 0 spiro atoms. The first-order chi connectivity index (χ1) is 9.08. The second-order valence-electron chi connectivity index (χ2n) is 3.81. The van der Waals surface area contributed by atoms with E-state index in [0.717, 1.165) is 5.56 Å². The summed E-state index contributed by atoms with van der Waals surface area (Å²) in [5.74, 6) is -1.14. The van der Waals surface area contributed by atoms with Gasteiger partial charge in [0, 0.05) is 12.7 Å². The number of hydrogen-bond donors (Lipinski definition) is 2. The molecule has 19 heavy (non-hydrogen) atoms. The Labute approximate surface area is 113 Å². The van der Waals surface area contributed by atoms with Crippen molar-refractivity contribution in [1.82, 2.24) is 4.98 Å². The molecule has 1 aromatic heterocycles. The third-order valence-corrected chi connectivity index (χ3v) is 2.88. The molecular weight excluding hydrogens is 271 g/mol. The molecule has 0 fully saturated rings. The highest BCUT2D eigenvalue weighted by Crippen LogP contribution is 2.23. The van der Waals surface area contributed by atoms with E-state index in [-0.39, 0.29) is 22.2 Å². The highest BCUT2D eigenvalue weighted by molar-refractivity contribution is 6.35. The van der Waals surface area contributed by atoms with Crippen molar-refractivity contribution in [1.29, 1.82) is 0 Å². The molecular formula is C13H10ClFN2O2. The van der Waals surface area contributed by atoms with Crippen molar-refractivity contribution in [2.75, 3.05) is 5.32 Å². The molecule has 0 aliphatic rings. The molecule has 2 aromatic rings. The monoisotopic (exact) mass is 280 g/mol. The largest absolute Gasteiger partial charge is 0.478 e. The predicted octanol–water partition coefficient (Wildman–Crippen LogP) is 3.18. The minimum Gasteiger partial charge on any atom is -0.478 e. The Hall–Kier alpha value is -2.14. The lowest BCUT2D eigenvalue weighted by Gasteiger charge is -2.08. The molecule has 1 heterocycles. The van der Waals surface area contributed by atoms with Crippen LogP contribution in [0.2, 0.25) is 5.02 Å². The summed E-state index contributed by atoms with van der Waals surface area (Å²) >= 11 is 5.93. The average molecular weight is 281 g/mol. The van der Waals surface area contributed by atoms with Gasteiger partial charge in [0.1, 0.15) is 11.6 Å². The number of carboxylic acid groups (broad SMARTS) is 1. The Kier molecular flexibility index (Phi) is 3.97. The van der Waals surface area contributed by atoms with Crippen LogP contribution < -0.4 is 5.32 Å². The van der Waals surface area contributed by atoms with Crippen LogP contribution >= 0.6 is 11.6 Å². The molecule has 98 valence electrons. The van der Waals surface area contributed by atoms with Gasteiger partial charge in [-0.15, -0.1) is 0 Å². The molecule has 4 nitrogen and oxygen atoms in total. The van der Waals surface area contributed by atoms with E-state index < -0.39 is 5.97 Å². The Bertz CT molecular complexity index is 602. The Morgan fingerprint density at radius 1 is 1.32 bits per heavy atom. The summed E-state index contributed by atoms with van der Waals surface area (Å²) < 4.78 is 12.7. The van der Waals surface area contributed by atoms with E-state index >= 15 is 0 Å². The Balaban J connectivity index is 2.13. The summed E-state index contributed by atoms with van der Waals surface area (Å²) in [6.07, 6.45) is 1.36. The fraction of sp³-hybridized carbons (Fsp3) is 0.0769. The highest BCUT2D eigenvalue weighted by Gasteiger charge is 2.12. The van der Waals surface area contributed by atoms with Gasteiger partial charge >= 0.3 is 5.97 Å². The lowest BCUT2D eigenvalue weighted by Crippen LogP contribution is -2.05. The van der Waals surface area contributed by atoms with Crippen molar-refractivity contribution in [2.45, 2.75) is 6.54 Å². The van der Waals surface area contributed by atoms with Gasteiger partial charge in [0.05, 0.1) is 10.6 Å². The third-order valence-electron chi connectivity index (χ3n) is 2.49. The zero-order valence-electron chi connectivity index (χ0n) is 9.73. The van der Waals surface area contributed by atoms with E-state index in [1.165, 1.54) is 24.4 Å². The molecule has 0 aliphatic carbocycles. The number of carbonyl (C=O) groups is 1. The molecule has 0 bridgehead atoms. The number of aromatic nitrogens is 1. The summed E-state index contributed by atoms with van der Waals surface area (Å²) in [4.78, 5) is 14.9. The topological polar surface area (TPSA) is 62.2 Å². The van der Waals surface area contributed by atoms with Gasteiger partial charge in [0.25, 0.3) is 0 Å². The SMILES string of the molecule is O=C(O)c1ccnc(NCc2ccc(F)cc2)c1Cl. The number of anilines is 1. The highest BCUT2D eigenvalue weighted by atomic mass is 35.5. The number of nitrogens with one attached hydrogen (secondary N) is 1. The first-order valence-electron chi connectivity index (χ1n) is 5.44. The van der Waals surface area contributed by atoms with E-state index in [9.17, 15) is 9.18 Å². The van der Waals surface area contributed by atoms with Gasteiger partial charge in [-0.25, -0.2) is 14.2 Å². The van der Waals surface area contributed by atoms with Crippen molar-refractivity contribution in [3.05, 3.63) is 58.5 Å². The van der Waals surface area contributed by atoms with Crippen LogP contribution in [0.3, 0.4) is 0 Å². The predicted molar refractivity (Wildman–Crippen MR) is 69.9 cm³/mol. The molecule has 2 rings (SSSR count). The fourth-order valence-electron chi connectivity index (χ4n) is 1.52. The van der Waals surface area contributed by atoms with Crippen LogP contribution in [0, 0.1) is 5.82 Å². The minimum absolute atomic E-state index is 0.0155. The van der Waals surface area contributed by atoms with Crippen LogP contribution in [0.5, 0.6) is 0 Å². The fourth-order valence-corrected chi connectivity index (χ4v) is 1.78. The number of benzene rings is 1. The van der Waals surface area contributed by atoms with Crippen LogP contribution in [-0.4, -0.2) is 16.1 Å². The number of hydrogen-bond acceptors (Lipinski definition) is 3. The number of nitrogens with zero attached hydrogens (tertiary/aromatic N) is 1. The number of aromatic carboxylic acids is 1. The normalized spacial score (nSPS) is 10.2. The quantitative estimate of drug-likeness (QED) is 0.903. The smallest absolute Gasteiger partial charge is 0.337 e. The maximum Gasteiger partial charge on any atom is 0.337 e. The van der Waals surface area contributed by atoms with Gasteiger partial charge in [-0.2, -0.15) is 0 Å². The summed E-state index contributed by atoms with van der Waals surface area (Å²) in [5.41, 5.74) is 0.818. The van der Waals surface area contributed by atoms with Crippen molar-refractivity contribution < 1.29 is 14.3 Å². The number of pyridine rings is 1. The van der Waals surface area contributed by atoms with Gasteiger partial charge in [-0.3, -0.25) is 0 Å². The van der Waals surface area contributed by atoms with Gasteiger partial charge in [-0.1, -0.05) is 23.7 Å². The Morgan fingerprint density at radius 3 is 2.63 bits per heavy atom. The zero-order chi connectivity index (χ0) is 13.8. The average Bonchev–Trinajstić information content (AvgIpc) is 2.39. The van der Waals surface area contributed by atoms with E-state index in [4.69, 9.17) is 16.7 Å². The first kappa shape index (κ1) is 13.3. The van der Waals surface area contributed by atoms with Gasteiger partial charge in [0.2, 0.25) is 0 Å². The second-order valence-corrected chi connectivity index (χ2v) is 4.18. The summed E-state index contributed by atoms with van der Waals surface area (Å²) in [7, 11) is 0. The van der Waals surface area contributed by atoms with E-state index in [2.05, 4.69) is 10.3 Å². The maximum absolute atomic E-state index is 12.7. The first-order valence-corrected chi connectivity index (χ1v) is 5.82. The standard InChI is InChI=1S/C13H10ClFN2O2/c14-11-10(13(18)19)5-6-16-12(11)17-7-8-1-3-9(15)4-2-8/h1-6H,7H2,(H,16,17)(H,18,19). The minimum atomic E-state index is -1.11. The second kappa shape index (κ2) is 5.67. The lowest BCUT2D eigenvalue weighted by atomic mass is 10.2. The van der Waals surface area contributed by atoms with Crippen molar-refractivity contribution in [3.63, 3.8) is 0 Å². The van der Waals surface area contributed by atoms with Crippen LogP contribution in [-0.2, 0) is 6.54 Å². The van der Waals surface area contributed by atoms with Crippen molar-refractivity contribution >= 4 is 23.4 Å². The van der Waals surface area contributed by atoms with E-state index in [1.807, 2.05) is 0 Å². The number of rotatable bonds is 4. The van der Waals surface area contributed by atoms with Gasteiger partial charge in [-0.05, 0) is 23.8 Å². The number of carboxylic acids is 1. The molecule has 0 atom stereocenters. The third kappa shape index (κ3) is 3.20. The molecule has 6 heteroatoms. The summed E-state index contributed by atoms with van der Waals surface area (Å²) in [6.45, 7) is 0.371. The van der Waals surface area contributed by atoms with E-state index in [0.29, 0.717) is 6.54 Å². The molecule has 1 aromatic carbocycles. The maximum atomic E-state index is 12.7. The molecule has 0 radical (unpaired) electrons. The summed E-state index contributed by atoms with van der Waals surface area (Å²) in [6, 6.07) is 7.27. The number of halogens is 2. The van der Waals surface area contributed by atoms with Crippen LogP contribution in [0.15, 0.2) is 36.5 Å². The molecule has 0 saturated carbocycles. The summed E-state index contributed by atoms with van der Waals surface area (Å²) in [5, 5.41) is 11.9. The van der Waals surface area contributed by atoms with Crippen LogP contribution in [0.25, 0.3) is 0 Å². The molecule has 0 aliphatic heterocycles. The van der Waals surface area contributed by atoms with Gasteiger partial charge in [0.15, 0.2) is 0 Å². The van der Waals surface area contributed by atoms with Crippen molar-refractivity contribution in [3.8, 4) is 0 Å². The molecule has 2 N–H and O–H groups in total. The Morgan fingerprint density at radius 2 is 2.00 bits per heavy atom. The molecule has 0 amide bonds.